The number of hydrogen-bond donors (Lipinski definition) is 1. The molecule has 0 rings (SSSR count). The lowest BCUT2D eigenvalue weighted by Crippen LogP contribution is -2.54. The Morgan fingerprint density at radius 1 is 1.08 bits per heavy atom. The van der Waals surface area contributed by atoms with E-state index in [1.807, 2.05) is 0 Å². The lowest BCUT2D eigenvalue weighted by Gasteiger charge is -2.27. The number of alkyl halides is 7. The third kappa shape index (κ3) is 1.96. The average Bonchev–Trinajstić information content (AvgIpc) is 1.84. The van der Waals surface area contributed by atoms with Crippen molar-refractivity contribution in [1.82, 2.24) is 0 Å². The highest BCUT2D eigenvalue weighted by molar-refractivity contribution is 6.34. The summed E-state index contributed by atoms with van der Waals surface area (Å²) in [4.78, 5) is 9.65. The Kier molecular flexibility index (Phi) is 3.05. The summed E-state index contributed by atoms with van der Waals surface area (Å²) >= 11 is 7.89. The molecule has 0 aliphatic rings. The highest BCUT2D eigenvalue weighted by Gasteiger charge is 2.73. The van der Waals surface area contributed by atoms with Gasteiger partial charge in [-0.2, -0.15) is 17.6 Å². The van der Waals surface area contributed by atoms with Gasteiger partial charge in [0.05, 0.1) is 0 Å². The summed E-state index contributed by atoms with van der Waals surface area (Å²) in [5.74, 6) is -8.62. The van der Waals surface area contributed by atoms with E-state index in [2.05, 4.69) is 23.2 Å². The van der Waals surface area contributed by atoms with Crippen molar-refractivity contribution in [3.8, 4) is 0 Å². The van der Waals surface area contributed by atoms with Gasteiger partial charge in [0.15, 0.2) is 0 Å². The second kappa shape index (κ2) is 3.13. The molecule has 0 aromatic heterocycles. The second-order valence-electron chi connectivity index (χ2n) is 1.95. The molecule has 0 aliphatic carbocycles. The molecule has 13 heavy (non-hydrogen) atoms. The van der Waals surface area contributed by atoms with Crippen molar-refractivity contribution in [2.75, 3.05) is 0 Å². The van der Waals surface area contributed by atoms with Crippen LogP contribution in [0.4, 0.5) is 22.0 Å². The molecule has 0 amide bonds. The third-order valence-corrected chi connectivity index (χ3v) is 1.85. The van der Waals surface area contributed by atoms with E-state index in [0.717, 1.165) is 0 Å². The molecule has 0 unspecified atom stereocenters. The van der Waals surface area contributed by atoms with Crippen molar-refractivity contribution in [2.45, 2.75) is 16.4 Å². The van der Waals surface area contributed by atoms with Crippen molar-refractivity contribution >= 4 is 29.2 Å². The molecule has 9 heteroatoms. The Hall–Kier alpha value is -0.300. The summed E-state index contributed by atoms with van der Waals surface area (Å²) < 4.78 is 60.4. The maximum atomic E-state index is 12.4. The lowest BCUT2D eigenvalue weighted by molar-refractivity contribution is -0.201. The van der Waals surface area contributed by atoms with Crippen LogP contribution in [0.15, 0.2) is 0 Å². The molecule has 0 saturated heterocycles. The van der Waals surface area contributed by atoms with Crippen LogP contribution in [0.1, 0.15) is 0 Å². The second-order valence-corrected chi connectivity index (χ2v) is 2.95. The minimum absolute atomic E-state index is 3.13. The number of halogens is 7. The zero-order valence-corrected chi connectivity index (χ0v) is 7.01. The molecule has 0 bridgehead atoms. The molecule has 0 fully saturated rings. The van der Waals surface area contributed by atoms with Crippen LogP contribution in [0.25, 0.3) is 0 Å². The molecule has 1 atom stereocenters. The van der Waals surface area contributed by atoms with Gasteiger partial charge in [-0.15, -0.1) is 0 Å². The molecule has 0 radical (unpaired) electrons. The van der Waals surface area contributed by atoms with Gasteiger partial charge < -0.3 is 5.11 Å². The van der Waals surface area contributed by atoms with Gasteiger partial charge in [0, 0.05) is 0 Å². The first-order valence-corrected chi connectivity index (χ1v) is 3.26. The standard InChI is InChI=1S/C4HCl2F5O2/c5-3(9,4(6,10)11)2(7,8)1(12)13/h(H,12,13)/t3-/m0/s1. The van der Waals surface area contributed by atoms with Crippen LogP contribution in [0.2, 0.25) is 0 Å². The van der Waals surface area contributed by atoms with Gasteiger partial charge in [0.2, 0.25) is 0 Å². The Morgan fingerprint density at radius 3 is 1.46 bits per heavy atom. The van der Waals surface area contributed by atoms with Crippen LogP contribution < -0.4 is 0 Å². The Morgan fingerprint density at radius 2 is 1.38 bits per heavy atom. The van der Waals surface area contributed by atoms with Crippen molar-refractivity contribution in [3.05, 3.63) is 0 Å². The fourth-order valence-corrected chi connectivity index (χ4v) is 0.512. The van der Waals surface area contributed by atoms with E-state index >= 15 is 0 Å². The predicted octanol–water partition coefficient (Wildman–Crippen LogP) is 2.44. The fraction of sp³-hybridized carbons (Fsp3) is 0.750. The van der Waals surface area contributed by atoms with Gasteiger partial charge in [-0.1, -0.05) is 11.6 Å². The van der Waals surface area contributed by atoms with Crippen molar-refractivity contribution in [3.63, 3.8) is 0 Å². The largest absolute Gasteiger partial charge is 0.477 e. The summed E-state index contributed by atoms with van der Waals surface area (Å²) in [7, 11) is 0. The highest BCUT2D eigenvalue weighted by Crippen LogP contribution is 2.49. The zero-order chi connectivity index (χ0) is 11.1. The molecule has 0 aromatic carbocycles. The molecule has 0 aliphatic heterocycles. The van der Waals surface area contributed by atoms with Crippen molar-refractivity contribution in [2.24, 2.45) is 0 Å². The smallest absolute Gasteiger partial charge is 0.397 e. The van der Waals surface area contributed by atoms with E-state index in [9.17, 15) is 26.7 Å². The average molecular weight is 247 g/mol. The van der Waals surface area contributed by atoms with Gasteiger partial charge in [-0.3, -0.25) is 0 Å². The molecule has 2 nitrogen and oxygen atoms in total. The fourth-order valence-electron chi connectivity index (χ4n) is 0.312. The summed E-state index contributed by atoms with van der Waals surface area (Å²) in [5, 5.41) is -2.70. The lowest BCUT2D eigenvalue weighted by atomic mass is 10.2. The first-order valence-electron chi connectivity index (χ1n) is 2.50. The van der Waals surface area contributed by atoms with E-state index in [0.29, 0.717) is 0 Å². The summed E-state index contributed by atoms with van der Waals surface area (Å²) in [5.41, 5.74) is 0. The minimum Gasteiger partial charge on any atom is -0.477 e. The Bertz CT molecular complexity index is 223. The first kappa shape index (κ1) is 12.7. The summed E-state index contributed by atoms with van der Waals surface area (Å²) in [6, 6.07) is 0. The quantitative estimate of drug-likeness (QED) is 0.614. The van der Waals surface area contributed by atoms with Crippen molar-refractivity contribution < 1.29 is 31.9 Å². The monoisotopic (exact) mass is 246 g/mol. The van der Waals surface area contributed by atoms with Crippen molar-refractivity contribution in [1.29, 1.82) is 0 Å². The molecular formula is C4HCl2F5O2. The van der Waals surface area contributed by atoms with Crippen LogP contribution in [-0.4, -0.2) is 27.5 Å². The highest BCUT2D eigenvalue weighted by atomic mass is 35.5. The van der Waals surface area contributed by atoms with Crippen LogP contribution in [0, 0.1) is 0 Å². The number of carboxylic acid groups (broad SMARTS) is 1. The van der Waals surface area contributed by atoms with Crippen LogP contribution in [0.5, 0.6) is 0 Å². The van der Waals surface area contributed by atoms with Gasteiger partial charge in [0.25, 0.3) is 0 Å². The number of hydrogen-bond acceptors (Lipinski definition) is 1. The molecule has 1 N–H and O–H groups in total. The van der Waals surface area contributed by atoms with E-state index in [-0.39, 0.29) is 0 Å². The molecule has 0 saturated carbocycles. The summed E-state index contributed by atoms with van der Waals surface area (Å²) in [6.45, 7) is 0. The van der Waals surface area contributed by atoms with E-state index in [1.54, 1.807) is 0 Å². The SMILES string of the molecule is O=C(O)C(F)(F)[C@@](F)(Cl)C(F)(F)Cl. The molecular weight excluding hydrogens is 246 g/mol. The number of carbonyl (C=O) groups is 1. The van der Waals surface area contributed by atoms with Gasteiger partial charge in [-0.25, -0.2) is 9.18 Å². The van der Waals surface area contributed by atoms with Gasteiger partial charge >= 0.3 is 22.4 Å². The number of aliphatic carboxylic acids is 1. The topological polar surface area (TPSA) is 37.3 Å². The Labute approximate surface area is 78.2 Å². The van der Waals surface area contributed by atoms with E-state index < -0.39 is 22.4 Å². The van der Waals surface area contributed by atoms with Crippen LogP contribution in [0.3, 0.4) is 0 Å². The van der Waals surface area contributed by atoms with Crippen LogP contribution >= 0.6 is 23.2 Å². The summed E-state index contributed by atoms with van der Waals surface area (Å²) in [6.07, 6.45) is 0. The van der Waals surface area contributed by atoms with E-state index in [4.69, 9.17) is 5.11 Å². The number of rotatable bonds is 3. The van der Waals surface area contributed by atoms with Gasteiger partial charge in [0.1, 0.15) is 0 Å². The molecule has 0 aromatic rings. The molecule has 78 valence electrons. The molecule has 0 spiro atoms. The maximum absolute atomic E-state index is 12.4. The van der Waals surface area contributed by atoms with E-state index in [1.165, 1.54) is 0 Å². The zero-order valence-electron chi connectivity index (χ0n) is 5.50. The Balaban J connectivity index is 5.16. The van der Waals surface area contributed by atoms with Crippen LogP contribution in [-0.2, 0) is 4.79 Å². The number of carboxylic acids is 1. The maximum Gasteiger partial charge on any atom is 0.397 e. The minimum atomic E-state index is -5.49. The van der Waals surface area contributed by atoms with Gasteiger partial charge in [-0.05, 0) is 11.6 Å². The molecule has 0 heterocycles. The normalized spacial score (nSPS) is 18.1. The first-order chi connectivity index (χ1) is 5.44. The predicted molar refractivity (Wildman–Crippen MR) is 33.1 cm³/mol. The third-order valence-electron chi connectivity index (χ3n) is 1.02.